The molecule has 0 spiro atoms. The van der Waals surface area contributed by atoms with Gasteiger partial charge in [-0.1, -0.05) is 6.42 Å². The van der Waals surface area contributed by atoms with Gasteiger partial charge in [-0.05, 0) is 75.3 Å². The van der Waals surface area contributed by atoms with Crippen LogP contribution in [0.1, 0.15) is 52.9 Å². The number of nitrogens with two attached hydrogens (primary N) is 1. The minimum atomic E-state index is 0.440. The molecule has 5 rings (SSSR count). The molecule has 0 bridgehead atoms. The fraction of sp³-hybridized carbons (Fsp3) is 0.500. The third-order valence-electron chi connectivity index (χ3n) is 6.73. The largest absolute Gasteiger partial charge is 0.496 e. The van der Waals surface area contributed by atoms with Gasteiger partial charge in [0.25, 0.3) is 0 Å². The SMILES string of the molecule is COc1c(C)cnc(Cn2nc3cc(CCN4CCCCC4)c4c-3c(n2)C(N)=NSC4)c1C. The Morgan fingerprint density at radius 3 is 2.76 bits per heavy atom. The molecule has 174 valence electrons. The molecule has 1 aromatic rings. The van der Waals surface area contributed by atoms with Crippen LogP contribution < -0.4 is 10.5 Å². The summed E-state index contributed by atoms with van der Waals surface area (Å²) in [4.78, 5) is 8.89. The van der Waals surface area contributed by atoms with Gasteiger partial charge in [-0.3, -0.25) is 4.98 Å². The van der Waals surface area contributed by atoms with E-state index in [4.69, 9.17) is 20.7 Å². The number of aryl methyl sites for hydroxylation is 1. The lowest BCUT2D eigenvalue weighted by Crippen LogP contribution is -2.31. The molecule has 1 fully saturated rings. The van der Waals surface area contributed by atoms with E-state index >= 15 is 0 Å². The van der Waals surface area contributed by atoms with Crippen LogP contribution in [0.5, 0.6) is 5.75 Å². The molecule has 1 aliphatic carbocycles. The topological polar surface area (TPSA) is 94.5 Å². The van der Waals surface area contributed by atoms with E-state index in [0.29, 0.717) is 12.4 Å². The van der Waals surface area contributed by atoms with Crippen LogP contribution in [0.2, 0.25) is 0 Å². The van der Waals surface area contributed by atoms with Crippen molar-refractivity contribution in [2.45, 2.75) is 51.8 Å². The van der Waals surface area contributed by atoms with Crippen molar-refractivity contribution in [3.63, 3.8) is 0 Å². The van der Waals surface area contributed by atoms with Gasteiger partial charge in [-0.2, -0.15) is 19.4 Å². The number of rotatable bonds is 6. The van der Waals surface area contributed by atoms with E-state index in [9.17, 15) is 0 Å². The first kappa shape index (κ1) is 22.2. The summed E-state index contributed by atoms with van der Waals surface area (Å²) in [7, 11) is 1.69. The minimum Gasteiger partial charge on any atom is -0.496 e. The highest BCUT2D eigenvalue weighted by Crippen LogP contribution is 2.38. The lowest BCUT2D eigenvalue weighted by molar-refractivity contribution is 0.231. The third-order valence-corrected chi connectivity index (χ3v) is 7.48. The Labute approximate surface area is 199 Å². The number of hydrogen-bond acceptors (Lipinski definition) is 8. The van der Waals surface area contributed by atoms with Crippen molar-refractivity contribution in [2.24, 2.45) is 10.1 Å². The van der Waals surface area contributed by atoms with Gasteiger partial charge in [-0.25, -0.2) is 0 Å². The number of methoxy groups -OCH3 is 1. The van der Waals surface area contributed by atoms with Gasteiger partial charge in [0.05, 0.1) is 18.5 Å². The zero-order valence-electron chi connectivity index (χ0n) is 19.6. The standard InChI is InChI=1S/C24H31N7OS/c1-15-12-26-20(16(2)23(15)32-3)13-31-27-19-11-17(7-10-30-8-5-4-6-9-30)18-14-33-29-24(25)22(28-31)21(18)19/h11-12H,4-10,13-14H2,1-3H3,(H2,25,29). The van der Waals surface area contributed by atoms with Gasteiger partial charge in [0.1, 0.15) is 18.0 Å². The van der Waals surface area contributed by atoms with Crippen molar-refractivity contribution in [1.29, 1.82) is 0 Å². The number of aromatic nitrogens is 4. The molecule has 4 heterocycles. The van der Waals surface area contributed by atoms with E-state index in [1.54, 1.807) is 11.9 Å². The molecule has 0 atom stereocenters. The zero-order valence-corrected chi connectivity index (χ0v) is 20.4. The molecular formula is C24H31N7OS. The van der Waals surface area contributed by atoms with Gasteiger partial charge in [0.15, 0.2) is 5.84 Å². The van der Waals surface area contributed by atoms with Gasteiger partial charge >= 0.3 is 0 Å². The predicted octanol–water partition coefficient (Wildman–Crippen LogP) is 3.35. The second kappa shape index (κ2) is 9.30. The van der Waals surface area contributed by atoms with Crippen LogP contribution in [0.4, 0.5) is 0 Å². The summed E-state index contributed by atoms with van der Waals surface area (Å²) in [6, 6.07) is 2.23. The zero-order chi connectivity index (χ0) is 22.9. The summed E-state index contributed by atoms with van der Waals surface area (Å²) < 4.78 is 10.1. The van der Waals surface area contributed by atoms with Crippen molar-refractivity contribution in [1.82, 2.24) is 24.9 Å². The van der Waals surface area contributed by atoms with Gasteiger partial charge in [0.2, 0.25) is 0 Å². The Morgan fingerprint density at radius 1 is 1.15 bits per heavy atom. The van der Waals surface area contributed by atoms with Crippen molar-refractivity contribution in [2.75, 3.05) is 26.7 Å². The van der Waals surface area contributed by atoms with Crippen LogP contribution in [-0.4, -0.2) is 57.5 Å². The first-order valence-corrected chi connectivity index (χ1v) is 12.6. The van der Waals surface area contributed by atoms with Gasteiger partial charge in [0, 0.05) is 35.2 Å². The van der Waals surface area contributed by atoms with Crippen LogP contribution >= 0.6 is 11.9 Å². The fourth-order valence-electron chi connectivity index (χ4n) is 4.97. The average molecular weight is 466 g/mol. The average Bonchev–Trinajstić information content (AvgIpc) is 3.07. The highest BCUT2D eigenvalue weighted by Gasteiger charge is 2.27. The van der Waals surface area contributed by atoms with Crippen molar-refractivity contribution in [3.8, 4) is 17.0 Å². The summed E-state index contributed by atoms with van der Waals surface area (Å²) in [6.07, 6.45) is 6.82. The molecule has 3 aliphatic heterocycles. The van der Waals surface area contributed by atoms with Crippen LogP contribution in [0, 0.1) is 13.8 Å². The molecule has 33 heavy (non-hydrogen) atoms. The Kier molecular flexibility index (Phi) is 6.25. The van der Waals surface area contributed by atoms with Crippen LogP contribution in [0.3, 0.4) is 0 Å². The number of piperidine rings is 1. The molecular weight excluding hydrogens is 434 g/mol. The number of hydrogen-bond donors (Lipinski definition) is 1. The second-order valence-corrected chi connectivity index (χ2v) is 9.67. The number of likely N-dealkylation sites (tertiary alicyclic amines) is 1. The van der Waals surface area contributed by atoms with E-state index in [1.807, 2.05) is 20.0 Å². The van der Waals surface area contributed by atoms with E-state index in [2.05, 4.69) is 20.3 Å². The number of nitrogens with zero attached hydrogens (tertiary/aromatic N) is 6. The molecule has 1 saturated heterocycles. The molecule has 2 N–H and O–H groups in total. The van der Waals surface area contributed by atoms with Crippen LogP contribution in [0.15, 0.2) is 16.7 Å². The van der Waals surface area contributed by atoms with E-state index < -0.39 is 0 Å². The highest BCUT2D eigenvalue weighted by atomic mass is 32.2. The Morgan fingerprint density at radius 2 is 1.97 bits per heavy atom. The number of pyridine rings is 1. The molecule has 0 unspecified atom stereocenters. The lowest BCUT2D eigenvalue weighted by Gasteiger charge is -2.26. The summed E-state index contributed by atoms with van der Waals surface area (Å²) in [5.41, 5.74) is 14.6. The maximum Gasteiger partial charge on any atom is 0.160 e. The van der Waals surface area contributed by atoms with Crippen molar-refractivity contribution >= 4 is 17.8 Å². The Bertz CT molecular complexity index is 1170. The molecule has 0 amide bonds. The third kappa shape index (κ3) is 4.31. The molecule has 9 heteroatoms. The van der Waals surface area contributed by atoms with E-state index in [0.717, 1.165) is 58.2 Å². The molecule has 0 saturated carbocycles. The predicted molar refractivity (Wildman–Crippen MR) is 132 cm³/mol. The Balaban J connectivity index is 1.50. The van der Waals surface area contributed by atoms with Crippen LogP contribution in [-0.2, 0) is 18.7 Å². The quantitative estimate of drug-likeness (QED) is 0.558. The monoisotopic (exact) mass is 465 g/mol. The first-order valence-electron chi connectivity index (χ1n) is 11.6. The van der Waals surface area contributed by atoms with Crippen LogP contribution in [0.25, 0.3) is 11.3 Å². The normalized spacial score (nSPS) is 16.6. The molecule has 8 nitrogen and oxygen atoms in total. The summed E-state index contributed by atoms with van der Waals surface area (Å²) in [5.74, 6) is 2.11. The highest BCUT2D eigenvalue weighted by molar-refractivity contribution is 7.97. The summed E-state index contributed by atoms with van der Waals surface area (Å²) in [6.45, 7) is 7.95. The molecule has 0 radical (unpaired) electrons. The fourth-order valence-corrected chi connectivity index (χ4v) is 5.72. The van der Waals surface area contributed by atoms with Crippen molar-refractivity contribution in [3.05, 3.63) is 45.9 Å². The lowest BCUT2D eigenvalue weighted by atomic mass is 10.1. The first-order chi connectivity index (χ1) is 16.0. The Hall–Kier alpha value is -2.65. The summed E-state index contributed by atoms with van der Waals surface area (Å²) in [5, 5.41) is 9.67. The maximum absolute atomic E-state index is 6.34. The molecule has 1 aromatic heterocycles. The summed E-state index contributed by atoms with van der Waals surface area (Å²) >= 11 is 1.50. The minimum absolute atomic E-state index is 0.440. The van der Waals surface area contributed by atoms with Gasteiger partial charge < -0.3 is 15.4 Å². The molecule has 4 aliphatic rings. The number of amidine groups is 1. The van der Waals surface area contributed by atoms with E-state index in [1.165, 1.54) is 55.4 Å². The van der Waals surface area contributed by atoms with Gasteiger partial charge in [-0.15, -0.1) is 0 Å². The smallest absolute Gasteiger partial charge is 0.160 e. The van der Waals surface area contributed by atoms with Crippen molar-refractivity contribution < 1.29 is 4.74 Å². The maximum atomic E-state index is 6.34. The second-order valence-electron chi connectivity index (χ2n) is 8.94. The molecule has 0 aromatic carbocycles. The number of ether oxygens (including phenoxy) is 1. The van der Waals surface area contributed by atoms with E-state index in [-0.39, 0.29) is 0 Å².